The standard InChI is InChI=1S/C3H4BrF4N.ClH/c4-3(7,8)2(5,6)1-9;/h1,9H2;1H. The van der Waals surface area contributed by atoms with Crippen LogP contribution in [0.4, 0.5) is 17.6 Å². The van der Waals surface area contributed by atoms with E-state index in [0.717, 1.165) is 0 Å². The summed E-state index contributed by atoms with van der Waals surface area (Å²) in [7, 11) is 0. The highest BCUT2D eigenvalue weighted by molar-refractivity contribution is 9.10. The van der Waals surface area contributed by atoms with E-state index in [4.69, 9.17) is 0 Å². The van der Waals surface area contributed by atoms with Crippen molar-refractivity contribution in [3.8, 4) is 0 Å². The summed E-state index contributed by atoms with van der Waals surface area (Å²) in [4.78, 5) is -4.20. The van der Waals surface area contributed by atoms with E-state index in [2.05, 4.69) is 5.73 Å². The second-order valence-corrected chi connectivity index (χ2v) is 2.40. The Morgan fingerprint density at radius 2 is 1.50 bits per heavy atom. The first-order chi connectivity index (χ1) is 3.81. The molecule has 0 heterocycles. The number of halogens is 6. The van der Waals surface area contributed by atoms with E-state index in [0.29, 0.717) is 0 Å². The smallest absolute Gasteiger partial charge is 0.325 e. The van der Waals surface area contributed by atoms with Crippen LogP contribution < -0.4 is 5.73 Å². The fourth-order valence-electron chi connectivity index (χ4n) is 0.116. The van der Waals surface area contributed by atoms with Crippen molar-refractivity contribution in [3.05, 3.63) is 0 Å². The average Bonchev–Trinajstić information content (AvgIpc) is 1.64. The summed E-state index contributed by atoms with van der Waals surface area (Å²) in [6.07, 6.45) is 0. The van der Waals surface area contributed by atoms with E-state index in [9.17, 15) is 17.6 Å². The van der Waals surface area contributed by atoms with E-state index >= 15 is 0 Å². The van der Waals surface area contributed by atoms with Crippen molar-refractivity contribution in [3.63, 3.8) is 0 Å². The first-order valence-electron chi connectivity index (χ1n) is 1.96. The van der Waals surface area contributed by atoms with Gasteiger partial charge in [0, 0.05) is 0 Å². The zero-order valence-electron chi connectivity index (χ0n) is 4.58. The third-order valence-electron chi connectivity index (χ3n) is 0.671. The molecule has 0 rings (SSSR count). The second kappa shape index (κ2) is 3.73. The van der Waals surface area contributed by atoms with Gasteiger partial charge in [0.2, 0.25) is 0 Å². The third-order valence-corrected chi connectivity index (χ3v) is 1.25. The Morgan fingerprint density at radius 1 is 1.20 bits per heavy atom. The van der Waals surface area contributed by atoms with Crippen LogP contribution in [-0.4, -0.2) is 17.3 Å². The summed E-state index contributed by atoms with van der Waals surface area (Å²) in [5, 5.41) is 0. The molecule has 0 spiro atoms. The predicted octanol–water partition coefficient (Wildman–Crippen LogP) is 1.99. The monoisotopic (exact) mass is 245 g/mol. The zero-order valence-corrected chi connectivity index (χ0v) is 6.99. The quantitative estimate of drug-likeness (QED) is 0.585. The van der Waals surface area contributed by atoms with E-state index in [-0.39, 0.29) is 12.4 Å². The number of hydrogen-bond donors (Lipinski definition) is 1. The molecule has 0 aromatic carbocycles. The van der Waals surface area contributed by atoms with Crippen molar-refractivity contribution >= 4 is 28.3 Å². The molecule has 64 valence electrons. The lowest BCUT2D eigenvalue weighted by Crippen LogP contribution is -2.41. The summed E-state index contributed by atoms with van der Waals surface area (Å²) in [5.74, 6) is -4.16. The normalized spacial score (nSPS) is 12.6. The Bertz CT molecular complexity index is 103. The van der Waals surface area contributed by atoms with Gasteiger partial charge in [0.25, 0.3) is 0 Å². The maximum absolute atomic E-state index is 11.7. The molecular formula is C3H5BrClF4N. The molecular weight excluding hydrogens is 241 g/mol. The highest BCUT2D eigenvalue weighted by Gasteiger charge is 2.52. The lowest BCUT2D eigenvalue weighted by Gasteiger charge is -2.18. The van der Waals surface area contributed by atoms with Crippen LogP contribution in [0, 0.1) is 0 Å². The maximum atomic E-state index is 11.7. The summed E-state index contributed by atoms with van der Waals surface area (Å²) >= 11 is 1.50. The minimum atomic E-state index is -4.20. The number of nitrogens with two attached hydrogens (primary N) is 1. The number of hydrogen-bond acceptors (Lipinski definition) is 1. The van der Waals surface area contributed by atoms with Gasteiger partial charge in [-0.05, 0) is 15.9 Å². The molecule has 0 unspecified atom stereocenters. The van der Waals surface area contributed by atoms with Crippen molar-refractivity contribution in [2.75, 3.05) is 6.54 Å². The topological polar surface area (TPSA) is 26.0 Å². The molecule has 0 amide bonds. The SMILES string of the molecule is Cl.NCC(F)(F)C(F)(F)Br. The van der Waals surface area contributed by atoms with Gasteiger partial charge in [-0.3, -0.25) is 0 Å². The molecule has 0 saturated carbocycles. The predicted molar refractivity (Wildman–Crippen MR) is 35.1 cm³/mol. The van der Waals surface area contributed by atoms with Crippen LogP contribution >= 0.6 is 28.3 Å². The van der Waals surface area contributed by atoms with E-state index < -0.39 is 17.3 Å². The largest absolute Gasteiger partial charge is 0.364 e. The molecule has 0 radical (unpaired) electrons. The van der Waals surface area contributed by atoms with E-state index in [1.807, 2.05) is 0 Å². The minimum Gasteiger partial charge on any atom is -0.325 e. The van der Waals surface area contributed by atoms with Crippen molar-refractivity contribution in [2.45, 2.75) is 10.8 Å². The van der Waals surface area contributed by atoms with Crippen LogP contribution in [0.15, 0.2) is 0 Å². The Morgan fingerprint density at radius 3 is 1.50 bits per heavy atom. The fraction of sp³-hybridized carbons (Fsp3) is 1.00. The molecule has 0 aliphatic heterocycles. The lowest BCUT2D eigenvalue weighted by atomic mass is 10.4. The number of alkyl halides is 5. The Hall–Kier alpha value is 0.450. The van der Waals surface area contributed by atoms with Gasteiger partial charge in [-0.1, -0.05) is 0 Å². The molecule has 1 nitrogen and oxygen atoms in total. The van der Waals surface area contributed by atoms with Gasteiger partial charge in [-0.2, -0.15) is 17.6 Å². The van der Waals surface area contributed by atoms with Crippen LogP contribution in [0.1, 0.15) is 0 Å². The van der Waals surface area contributed by atoms with Gasteiger partial charge in [0.05, 0.1) is 6.54 Å². The van der Waals surface area contributed by atoms with Crippen molar-refractivity contribution < 1.29 is 17.6 Å². The molecule has 0 bridgehead atoms. The highest BCUT2D eigenvalue weighted by atomic mass is 79.9. The van der Waals surface area contributed by atoms with Crippen LogP contribution in [0.5, 0.6) is 0 Å². The highest BCUT2D eigenvalue weighted by Crippen LogP contribution is 2.38. The Labute approximate surface area is 69.5 Å². The van der Waals surface area contributed by atoms with Gasteiger partial charge >= 0.3 is 10.8 Å². The number of rotatable bonds is 2. The van der Waals surface area contributed by atoms with Crippen LogP contribution in [0.25, 0.3) is 0 Å². The molecule has 2 N–H and O–H groups in total. The van der Waals surface area contributed by atoms with Gasteiger partial charge in [-0.25, -0.2) is 0 Å². The average molecular weight is 246 g/mol. The van der Waals surface area contributed by atoms with E-state index in [1.165, 1.54) is 15.9 Å². The summed E-state index contributed by atoms with van der Waals surface area (Å²) in [6.45, 7) is -1.37. The van der Waals surface area contributed by atoms with Crippen molar-refractivity contribution in [1.29, 1.82) is 0 Å². The summed E-state index contributed by atoms with van der Waals surface area (Å²) in [6, 6.07) is 0. The molecule has 0 atom stereocenters. The Kier molecular flexibility index (Phi) is 4.87. The van der Waals surface area contributed by atoms with E-state index in [1.54, 1.807) is 0 Å². The minimum absolute atomic E-state index is 0. The van der Waals surface area contributed by atoms with Crippen LogP contribution in [0.3, 0.4) is 0 Å². The first kappa shape index (κ1) is 13.1. The van der Waals surface area contributed by atoms with Crippen molar-refractivity contribution in [1.82, 2.24) is 0 Å². The summed E-state index contributed by atoms with van der Waals surface area (Å²) in [5.41, 5.74) is 4.33. The second-order valence-electron chi connectivity index (χ2n) is 1.41. The molecule has 0 aliphatic rings. The molecule has 0 saturated heterocycles. The van der Waals surface area contributed by atoms with Crippen LogP contribution in [-0.2, 0) is 0 Å². The lowest BCUT2D eigenvalue weighted by molar-refractivity contribution is -0.139. The molecule has 7 heteroatoms. The first-order valence-corrected chi connectivity index (χ1v) is 2.75. The fourth-order valence-corrected chi connectivity index (χ4v) is 0.278. The van der Waals surface area contributed by atoms with Gasteiger partial charge in [0.15, 0.2) is 0 Å². The van der Waals surface area contributed by atoms with Gasteiger partial charge in [-0.15, -0.1) is 12.4 Å². The molecule has 0 aromatic heterocycles. The molecule has 0 aliphatic carbocycles. The van der Waals surface area contributed by atoms with Crippen LogP contribution in [0.2, 0.25) is 0 Å². The van der Waals surface area contributed by atoms with Gasteiger partial charge < -0.3 is 5.73 Å². The van der Waals surface area contributed by atoms with Gasteiger partial charge in [0.1, 0.15) is 0 Å². The molecule has 0 aromatic rings. The van der Waals surface area contributed by atoms with Crippen molar-refractivity contribution in [2.24, 2.45) is 5.73 Å². The summed E-state index contributed by atoms with van der Waals surface area (Å²) < 4.78 is 46.6. The molecule has 10 heavy (non-hydrogen) atoms. The Balaban J connectivity index is 0. The molecule has 0 fully saturated rings. The zero-order chi connectivity index (χ0) is 7.71. The maximum Gasteiger partial charge on any atom is 0.364 e. The third kappa shape index (κ3) is 3.03.